The average Bonchev–Trinajstić information content (AvgIpc) is 3.18. The number of hydrogen-bond acceptors (Lipinski definition) is 4. The zero-order valence-corrected chi connectivity index (χ0v) is 16.1. The van der Waals surface area contributed by atoms with Gasteiger partial charge in [-0.25, -0.2) is 4.98 Å². The first-order valence-corrected chi connectivity index (χ1v) is 9.64. The summed E-state index contributed by atoms with van der Waals surface area (Å²) < 4.78 is 5.32. The van der Waals surface area contributed by atoms with Gasteiger partial charge in [-0.1, -0.05) is 84.1 Å². The predicted octanol–water partition coefficient (Wildman–Crippen LogP) is 5.74. The highest BCUT2D eigenvalue weighted by Gasteiger charge is 2.19. The SMILES string of the molecule is COc1ccccc1C(=O)Nc1sc(-c2ccccc2)nc1-c1ccccc1. The lowest BCUT2D eigenvalue weighted by atomic mass is 10.1. The molecule has 1 aromatic heterocycles. The number of carbonyl (C=O) groups excluding carboxylic acids is 1. The second-order valence-corrected chi connectivity index (χ2v) is 7.08. The number of rotatable bonds is 5. The lowest BCUT2D eigenvalue weighted by Crippen LogP contribution is -2.12. The van der Waals surface area contributed by atoms with Gasteiger partial charge in [-0.3, -0.25) is 4.79 Å². The summed E-state index contributed by atoms with van der Waals surface area (Å²) in [6, 6.07) is 27.0. The maximum Gasteiger partial charge on any atom is 0.260 e. The number of ether oxygens (including phenoxy) is 1. The van der Waals surface area contributed by atoms with E-state index < -0.39 is 0 Å². The van der Waals surface area contributed by atoms with E-state index in [-0.39, 0.29) is 5.91 Å². The Morgan fingerprint density at radius 2 is 1.46 bits per heavy atom. The van der Waals surface area contributed by atoms with E-state index in [2.05, 4.69) is 5.32 Å². The fourth-order valence-corrected chi connectivity index (χ4v) is 3.89. The van der Waals surface area contributed by atoms with Crippen LogP contribution in [0, 0.1) is 0 Å². The normalized spacial score (nSPS) is 10.5. The van der Waals surface area contributed by atoms with Crippen LogP contribution >= 0.6 is 11.3 Å². The van der Waals surface area contributed by atoms with Crippen molar-refractivity contribution in [2.24, 2.45) is 0 Å². The zero-order valence-electron chi connectivity index (χ0n) is 15.3. The third-order valence-corrected chi connectivity index (χ3v) is 5.29. The Bertz CT molecular complexity index is 1090. The van der Waals surface area contributed by atoms with Crippen LogP contribution in [-0.2, 0) is 0 Å². The van der Waals surface area contributed by atoms with E-state index >= 15 is 0 Å². The number of benzene rings is 3. The van der Waals surface area contributed by atoms with Gasteiger partial charge in [-0.2, -0.15) is 0 Å². The molecular formula is C23H18N2O2S. The molecular weight excluding hydrogens is 368 g/mol. The monoisotopic (exact) mass is 386 g/mol. The first kappa shape index (κ1) is 17.9. The molecule has 5 heteroatoms. The van der Waals surface area contributed by atoms with E-state index in [1.54, 1.807) is 19.2 Å². The maximum absolute atomic E-state index is 12.9. The number of anilines is 1. The van der Waals surface area contributed by atoms with Crippen molar-refractivity contribution < 1.29 is 9.53 Å². The summed E-state index contributed by atoms with van der Waals surface area (Å²) in [5.74, 6) is 0.312. The Labute approximate surface area is 167 Å². The Kier molecular flexibility index (Phi) is 5.17. The van der Waals surface area contributed by atoms with Gasteiger partial charge < -0.3 is 10.1 Å². The van der Waals surface area contributed by atoms with E-state index in [4.69, 9.17) is 9.72 Å². The fraction of sp³-hybridized carbons (Fsp3) is 0.0435. The van der Waals surface area contributed by atoms with Crippen LogP contribution in [0.1, 0.15) is 10.4 Å². The van der Waals surface area contributed by atoms with Gasteiger partial charge in [0.05, 0.1) is 12.7 Å². The van der Waals surface area contributed by atoms with Crippen molar-refractivity contribution in [1.82, 2.24) is 4.98 Å². The molecule has 0 aliphatic heterocycles. The molecule has 0 unspecified atom stereocenters. The minimum Gasteiger partial charge on any atom is -0.496 e. The highest BCUT2D eigenvalue weighted by atomic mass is 32.1. The van der Waals surface area contributed by atoms with E-state index in [0.29, 0.717) is 16.3 Å². The molecule has 4 aromatic rings. The standard InChI is InChI=1S/C23H18N2O2S/c1-27-19-15-9-8-14-18(19)21(26)25-23-20(16-10-4-2-5-11-16)24-22(28-23)17-12-6-3-7-13-17/h2-15H,1H3,(H,25,26). The quantitative estimate of drug-likeness (QED) is 0.476. The number of aromatic nitrogens is 1. The number of carbonyl (C=O) groups is 1. The molecule has 1 N–H and O–H groups in total. The number of amides is 1. The third kappa shape index (κ3) is 3.66. The zero-order chi connectivity index (χ0) is 19.3. The highest BCUT2D eigenvalue weighted by Crippen LogP contribution is 2.38. The van der Waals surface area contributed by atoms with Crippen molar-refractivity contribution in [3.63, 3.8) is 0 Å². The summed E-state index contributed by atoms with van der Waals surface area (Å²) in [5.41, 5.74) is 3.21. The van der Waals surface area contributed by atoms with Gasteiger partial charge in [0.25, 0.3) is 5.91 Å². The van der Waals surface area contributed by atoms with Crippen molar-refractivity contribution in [1.29, 1.82) is 0 Å². The van der Waals surface area contributed by atoms with E-state index in [1.165, 1.54) is 11.3 Å². The van der Waals surface area contributed by atoms with Gasteiger partial charge in [-0.05, 0) is 12.1 Å². The molecule has 0 aliphatic rings. The minimum absolute atomic E-state index is 0.224. The summed E-state index contributed by atoms with van der Waals surface area (Å²) in [7, 11) is 1.56. The molecule has 1 amide bonds. The van der Waals surface area contributed by atoms with Crippen molar-refractivity contribution in [2.75, 3.05) is 12.4 Å². The summed E-state index contributed by atoms with van der Waals surface area (Å²) in [4.78, 5) is 17.7. The van der Waals surface area contributed by atoms with Gasteiger partial charge in [-0.15, -0.1) is 0 Å². The molecule has 3 aromatic carbocycles. The van der Waals surface area contributed by atoms with E-state index in [0.717, 1.165) is 21.8 Å². The molecule has 0 bridgehead atoms. The first-order valence-electron chi connectivity index (χ1n) is 8.82. The summed E-state index contributed by atoms with van der Waals surface area (Å²) in [6.45, 7) is 0. The van der Waals surface area contributed by atoms with Crippen LogP contribution in [0.2, 0.25) is 0 Å². The predicted molar refractivity (Wildman–Crippen MR) is 114 cm³/mol. The van der Waals surface area contributed by atoms with Crippen molar-refractivity contribution in [2.45, 2.75) is 0 Å². The second-order valence-electron chi connectivity index (χ2n) is 6.08. The minimum atomic E-state index is -0.224. The van der Waals surface area contributed by atoms with Crippen LogP contribution in [0.4, 0.5) is 5.00 Å². The molecule has 1 heterocycles. The average molecular weight is 386 g/mol. The molecule has 0 spiro atoms. The molecule has 138 valence electrons. The van der Waals surface area contributed by atoms with Gasteiger partial charge in [0.2, 0.25) is 0 Å². The van der Waals surface area contributed by atoms with E-state index in [1.807, 2.05) is 72.8 Å². The number of nitrogens with one attached hydrogen (secondary N) is 1. The molecule has 4 rings (SSSR count). The maximum atomic E-state index is 12.9. The topological polar surface area (TPSA) is 51.2 Å². The molecule has 0 radical (unpaired) electrons. The number of para-hydroxylation sites is 1. The van der Waals surface area contributed by atoms with Gasteiger partial charge in [0.15, 0.2) is 0 Å². The Morgan fingerprint density at radius 3 is 2.14 bits per heavy atom. The lowest BCUT2D eigenvalue weighted by molar-refractivity contribution is 0.102. The smallest absolute Gasteiger partial charge is 0.260 e. The van der Waals surface area contributed by atoms with Crippen molar-refractivity contribution in [3.8, 4) is 27.6 Å². The van der Waals surface area contributed by atoms with Crippen LogP contribution in [0.3, 0.4) is 0 Å². The molecule has 0 atom stereocenters. The van der Waals surface area contributed by atoms with Crippen LogP contribution in [0.5, 0.6) is 5.75 Å². The summed E-state index contributed by atoms with van der Waals surface area (Å²) in [5, 5.41) is 4.59. The second kappa shape index (κ2) is 8.06. The van der Waals surface area contributed by atoms with Crippen LogP contribution in [0.25, 0.3) is 21.8 Å². The number of methoxy groups -OCH3 is 1. The molecule has 28 heavy (non-hydrogen) atoms. The number of nitrogens with zero attached hydrogens (tertiary/aromatic N) is 1. The van der Waals surface area contributed by atoms with Crippen molar-refractivity contribution >= 4 is 22.2 Å². The molecule has 4 nitrogen and oxygen atoms in total. The van der Waals surface area contributed by atoms with E-state index in [9.17, 15) is 4.79 Å². The first-order chi connectivity index (χ1) is 13.8. The van der Waals surface area contributed by atoms with Crippen LogP contribution < -0.4 is 10.1 Å². The summed E-state index contributed by atoms with van der Waals surface area (Å²) >= 11 is 1.46. The molecule has 0 fully saturated rings. The Morgan fingerprint density at radius 1 is 0.857 bits per heavy atom. The lowest BCUT2D eigenvalue weighted by Gasteiger charge is -2.09. The largest absolute Gasteiger partial charge is 0.496 e. The van der Waals surface area contributed by atoms with Crippen LogP contribution in [-0.4, -0.2) is 18.0 Å². The molecule has 0 aliphatic carbocycles. The number of hydrogen-bond donors (Lipinski definition) is 1. The Balaban J connectivity index is 1.75. The highest BCUT2D eigenvalue weighted by molar-refractivity contribution is 7.19. The molecule has 0 saturated heterocycles. The third-order valence-electron chi connectivity index (χ3n) is 4.27. The Hall–Kier alpha value is -3.44. The molecule has 0 saturated carbocycles. The van der Waals surface area contributed by atoms with Gasteiger partial charge in [0.1, 0.15) is 21.5 Å². The summed E-state index contributed by atoms with van der Waals surface area (Å²) in [6.07, 6.45) is 0. The number of thiazole rings is 1. The fourth-order valence-electron chi connectivity index (χ4n) is 2.90. The van der Waals surface area contributed by atoms with Gasteiger partial charge >= 0.3 is 0 Å². The van der Waals surface area contributed by atoms with Crippen LogP contribution in [0.15, 0.2) is 84.9 Å². The van der Waals surface area contributed by atoms with Gasteiger partial charge in [0, 0.05) is 11.1 Å². The van der Waals surface area contributed by atoms with Crippen molar-refractivity contribution in [3.05, 3.63) is 90.5 Å².